The van der Waals surface area contributed by atoms with Crippen molar-refractivity contribution in [3.63, 3.8) is 0 Å². The molecule has 1 aliphatic rings. The first-order valence-electron chi connectivity index (χ1n) is 6.83. The standard InChI is InChI=1S/C15H19ClN2O2/c1-15(9-3-2-4-13(19)18-15)14(20)17-10-11-5-7-12(16)8-6-11/h5-8H,2-4,9-10H2,1H3,(H,17,20)(H,18,19). The predicted octanol–water partition coefficient (Wildman–Crippen LogP) is 2.41. The van der Waals surface area contributed by atoms with Crippen LogP contribution in [-0.4, -0.2) is 17.4 Å². The maximum atomic E-state index is 12.3. The van der Waals surface area contributed by atoms with E-state index < -0.39 is 5.54 Å². The van der Waals surface area contributed by atoms with Crippen LogP contribution in [0.4, 0.5) is 0 Å². The summed E-state index contributed by atoms with van der Waals surface area (Å²) >= 11 is 5.82. The lowest BCUT2D eigenvalue weighted by atomic mass is 9.95. The van der Waals surface area contributed by atoms with Crippen LogP contribution in [0.1, 0.15) is 38.2 Å². The summed E-state index contributed by atoms with van der Waals surface area (Å²) in [5.41, 5.74) is 0.173. The van der Waals surface area contributed by atoms with Gasteiger partial charge in [0.1, 0.15) is 5.54 Å². The van der Waals surface area contributed by atoms with Crippen molar-refractivity contribution in [3.8, 4) is 0 Å². The van der Waals surface area contributed by atoms with Gasteiger partial charge < -0.3 is 10.6 Å². The van der Waals surface area contributed by atoms with Crippen molar-refractivity contribution < 1.29 is 9.59 Å². The van der Waals surface area contributed by atoms with E-state index in [-0.39, 0.29) is 11.8 Å². The second kappa shape index (κ2) is 6.27. The van der Waals surface area contributed by atoms with E-state index in [2.05, 4.69) is 10.6 Å². The number of benzene rings is 1. The van der Waals surface area contributed by atoms with Gasteiger partial charge in [0.2, 0.25) is 11.8 Å². The summed E-state index contributed by atoms with van der Waals surface area (Å²) in [6, 6.07) is 7.32. The van der Waals surface area contributed by atoms with E-state index in [1.165, 1.54) is 0 Å². The van der Waals surface area contributed by atoms with Crippen LogP contribution >= 0.6 is 11.6 Å². The zero-order valence-electron chi connectivity index (χ0n) is 11.5. The van der Waals surface area contributed by atoms with Gasteiger partial charge in [-0.15, -0.1) is 0 Å². The first kappa shape index (κ1) is 14.9. The zero-order chi connectivity index (χ0) is 14.6. The van der Waals surface area contributed by atoms with Gasteiger partial charge in [-0.3, -0.25) is 9.59 Å². The van der Waals surface area contributed by atoms with E-state index in [0.717, 1.165) is 18.4 Å². The molecule has 20 heavy (non-hydrogen) atoms. The second-order valence-electron chi connectivity index (χ2n) is 5.40. The van der Waals surface area contributed by atoms with Crippen molar-refractivity contribution >= 4 is 23.4 Å². The molecule has 5 heteroatoms. The Labute approximate surface area is 123 Å². The topological polar surface area (TPSA) is 58.2 Å². The monoisotopic (exact) mass is 294 g/mol. The highest BCUT2D eigenvalue weighted by Gasteiger charge is 2.35. The summed E-state index contributed by atoms with van der Waals surface area (Å²) < 4.78 is 0. The number of amides is 2. The molecule has 0 saturated carbocycles. The van der Waals surface area contributed by atoms with E-state index in [0.29, 0.717) is 24.4 Å². The Morgan fingerprint density at radius 1 is 1.35 bits per heavy atom. The maximum Gasteiger partial charge on any atom is 0.245 e. The maximum absolute atomic E-state index is 12.3. The van der Waals surface area contributed by atoms with E-state index >= 15 is 0 Å². The molecule has 4 nitrogen and oxygen atoms in total. The van der Waals surface area contributed by atoms with Crippen molar-refractivity contribution in [1.82, 2.24) is 10.6 Å². The Kier molecular flexibility index (Phi) is 4.65. The quantitative estimate of drug-likeness (QED) is 0.899. The molecule has 2 rings (SSSR count). The normalized spacial score (nSPS) is 22.8. The Hall–Kier alpha value is -1.55. The molecule has 2 N–H and O–H groups in total. The fraction of sp³-hybridized carbons (Fsp3) is 0.467. The van der Waals surface area contributed by atoms with Gasteiger partial charge in [-0.05, 0) is 37.5 Å². The van der Waals surface area contributed by atoms with Gasteiger partial charge in [-0.2, -0.15) is 0 Å². The molecular weight excluding hydrogens is 276 g/mol. The molecule has 1 aromatic carbocycles. The molecular formula is C15H19ClN2O2. The van der Waals surface area contributed by atoms with Crippen molar-refractivity contribution in [2.45, 2.75) is 44.7 Å². The first-order valence-corrected chi connectivity index (χ1v) is 7.21. The molecule has 2 amide bonds. The third kappa shape index (κ3) is 3.73. The molecule has 1 aromatic rings. The smallest absolute Gasteiger partial charge is 0.245 e. The summed E-state index contributed by atoms with van der Waals surface area (Å²) in [5, 5.41) is 6.38. The number of halogens is 1. The minimum Gasteiger partial charge on any atom is -0.350 e. The van der Waals surface area contributed by atoms with Crippen LogP contribution in [0.5, 0.6) is 0 Å². The minimum absolute atomic E-state index is 0.0494. The van der Waals surface area contributed by atoms with E-state index in [1.807, 2.05) is 12.1 Å². The molecule has 0 spiro atoms. The molecule has 1 saturated heterocycles. The van der Waals surface area contributed by atoms with E-state index in [9.17, 15) is 9.59 Å². The average Bonchev–Trinajstić information content (AvgIpc) is 2.59. The molecule has 1 atom stereocenters. The summed E-state index contributed by atoms with van der Waals surface area (Å²) in [5.74, 6) is -0.186. The Bertz CT molecular complexity index is 501. The molecule has 0 aromatic heterocycles. The molecule has 1 unspecified atom stereocenters. The van der Waals surface area contributed by atoms with Crippen LogP contribution in [0.25, 0.3) is 0 Å². The van der Waals surface area contributed by atoms with Gasteiger partial charge in [-0.1, -0.05) is 30.2 Å². The summed E-state index contributed by atoms with van der Waals surface area (Å²) in [6.07, 6.45) is 2.89. The number of carbonyl (C=O) groups excluding carboxylic acids is 2. The lowest BCUT2D eigenvalue weighted by molar-refractivity contribution is -0.132. The third-order valence-electron chi connectivity index (χ3n) is 3.61. The van der Waals surface area contributed by atoms with Gasteiger partial charge in [0, 0.05) is 18.0 Å². The lowest BCUT2D eigenvalue weighted by Crippen LogP contribution is -2.55. The predicted molar refractivity (Wildman–Crippen MR) is 78.3 cm³/mol. The molecule has 0 aliphatic carbocycles. The van der Waals surface area contributed by atoms with Gasteiger partial charge in [0.15, 0.2) is 0 Å². The summed E-state index contributed by atoms with van der Waals surface area (Å²) in [6.45, 7) is 2.22. The van der Waals surface area contributed by atoms with Gasteiger partial charge in [0.25, 0.3) is 0 Å². The number of nitrogens with one attached hydrogen (secondary N) is 2. The van der Waals surface area contributed by atoms with Crippen molar-refractivity contribution in [2.75, 3.05) is 0 Å². The van der Waals surface area contributed by atoms with Crippen molar-refractivity contribution in [1.29, 1.82) is 0 Å². The molecule has 1 fully saturated rings. The molecule has 108 valence electrons. The van der Waals surface area contributed by atoms with Crippen molar-refractivity contribution in [3.05, 3.63) is 34.9 Å². The van der Waals surface area contributed by atoms with E-state index in [4.69, 9.17) is 11.6 Å². The second-order valence-corrected chi connectivity index (χ2v) is 5.83. The van der Waals surface area contributed by atoms with Gasteiger partial charge in [0.05, 0.1) is 0 Å². The molecule has 0 radical (unpaired) electrons. The van der Waals surface area contributed by atoms with Crippen LogP contribution in [0.15, 0.2) is 24.3 Å². The summed E-state index contributed by atoms with van der Waals surface area (Å²) in [7, 11) is 0. The highest BCUT2D eigenvalue weighted by molar-refractivity contribution is 6.30. The average molecular weight is 295 g/mol. The summed E-state index contributed by atoms with van der Waals surface area (Å²) in [4.78, 5) is 23.9. The van der Waals surface area contributed by atoms with E-state index in [1.54, 1.807) is 19.1 Å². The fourth-order valence-corrected chi connectivity index (χ4v) is 2.47. The van der Waals surface area contributed by atoms with Crippen LogP contribution in [0.3, 0.4) is 0 Å². The molecule has 0 bridgehead atoms. The molecule has 1 aliphatic heterocycles. The van der Waals surface area contributed by atoms with Gasteiger partial charge >= 0.3 is 0 Å². The lowest BCUT2D eigenvalue weighted by Gasteiger charge is -2.27. The fourth-order valence-electron chi connectivity index (χ4n) is 2.35. The zero-order valence-corrected chi connectivity index (χ0v) is 12.3. The van der Waals surface area contributed by atoms with Crippen LogP contribution in [0.2, 0.25) is 5.02 Å². The number of hydrogen-bond acceptors (Lipinski definition) is 2. The Morgan fingerprint density at radius 3 is 2.75 bits per heavy atom. The highest BCUT2D eigenvalue weighted by atomic mass is 35.5. The van der Waals surface area contributed by atoms with Crippen LogP contribution in [0, 0.1) is 0 Å². The highest BCUT2D eigenvalue weighted by Crippen LogP contribution is 2.19. The largest absolute Gasteiger partial charge is 0.350 e. The van der Waals surface area contributed by atoms with Gasteiger partial charge in [-0.25, -0.2) is 0 Å². The number of carbonyl (C=O) groups is 2. The minimum atomic E-state index is -0.806. The first-order chi connectivity index (χ1) is 9.49. The van der Waals surface area contributed by atoms with Crippen LogP contribution < -0.4 is 10.6 Å². The number of rotatable bonds is 3. The van der Waals surface area contributed by atoms with Crippen LogP contribution in [-0.2, 0) is 16.1 Å². The van der Waals surface area contributed by atoms with Crippen molar-refractivity contribution in [2.24, 2.45) is 0 Å². The Balaban J connectivity index is 1.96. The third-order valence-corrected chi connectivity index (χ3v) is 3.87. The molecule has 1 heterocycles. The SMILES string of the molecule is CC1(C(=O)NCc2ccc(Cl)cc2)CCCCC(=O)N1. The Morgan fingerprint density at radius 2 is 2.05 bits per heavy atom. The number of hydrogen-bond donors (Lipinski definition) is 2.